The van der Waals surface area contributed by atoms with Gasteiger partial charge in [0.1, 0.15) is 11.3 Å². The fourth-order valence-corrected chi connectivity index (χ4v) is 5.99. The van der Waals surface area contributed by atoms with Crippen LogP contribution in [0.25, 0.3) is 11.6 Å². The molecule has 2 N–H and O–H groups in total. The molecular formula is C28H25Cl2NO3. The first kappa shape index (κ1) is 22.8. The van der Waals surface area contributed by atoms with Gasteiger partial charge in [-0.05, 0) is 90.4 Å². The average Bonchev–Trinajstić information content (AvgIpc) is 3.14. The van der Waals surface area contributed by atoms with E-state index >= 15 is 0 Å². The number of halogens is 2. The Balaban J connectivity index is 1.54. The number of carboxylic acids is 1. The molecule has 1 fully saturated rings. The van der Waals surface area contributed by atoms with Gasteiger partial charge in [0.15, 0.2) is 0 Å². The summed E-state index contributed by atoms with van der Waals surface area (Å²) in [5.41, 5.74) is 3.94. The van der Waals surface area contributed by atoms with Crippen LogP contribution in [0.3, 0.4) is 0 Å². The van der Waals surface area contributed by atoms with Crippen LogP contribution in [0.2, 0.25) is 10.0 Å². The number of benzene rings is 3. The van der Waals surface area contributed by atoms with Crippen molar-refractivity contribution in [3.8, 4) is 5.75 Å². The van der Waals surface area contributed by atoms with Gasteiger partial charge in [0, 0.05) is 21.1 Å². The minimum Gasteiger partial charge on any atom is -0.497 e. The average molecular weight is 494 g/mol. The maximum absolute atomic E-state index is 12.6. The van der Waals surface area contributed by atoms with Crippen LogP contribution in [0.4, 0.5) is 5.69 Å². The number of hydrogen-bond acceptors (Lipinski definition) is 3. The maximum Gasteiger partial charge on any atom is 0.329 e. The van der Waals surface area contributed by atoms with Gasteiger partial charge in [-0.2, -0.15) is 0 Å². The summed E-state index contributed by atoms with van der Waals surface area (Å²) in [5.74, 6) is -0.142. The molecular weight excluding hydrogens is 469 g/mol. The number of rotatable bonds is 5. The quantitative estimate of drug-likeness (QED) is 0.391. The highest BCUT2D eigenvalue weighted by Gasteiger charge is 2.51. The zero-order valence-electron chi connectivity index (χ0n) is 18.8. The van der Waals surface area contributed by atoms with Crippen LogP contribution in [-0.2, 0) is 10.2 Å². The third-order valence-electron chi connectivity index (χ3n) is 7.28. The van der Waals surface area contributed by atoms with E-state index in [0.717, 1.165) is 11.1 Å². The number of methoxy groups -OCH3 is 1. The second kappa shape index (κ2) is 8.68. The molecule has 1 saturated carbocycles. The van der Waals surface area contributed by atoms with Gasteiger partial charge in [0.2, 0.25) is 0 Å². The van der Waals surface area contributed by atoms with Crippen LogP contribution in [0.1, 0.15) is 42.4 Å². The molecule has 0 bridgehead atoms. The summed E-state index contributed by atoms with van der Waals surface area (Å²) in [6, 6.07) is 21.4. The van der Waals surface area contributed by atoms with Crippen molar-refractivity contribution in [2.75, 3.05) is 12.4 Å². The van der Waals surface area contributed by atoms with Crippen molar-refractivity contribution in [3.05, 3.63) is 93.5 Å². The largest absolute Gasteiger partial charge is 0.497 e. The Hall–Kier alpha value is -2.95. The molecule has 0 unspecified atom stereocenters. The molecule has 0 radical (unpaired) electrons. The number of allylic oxidation sites excluding steroid dienone is 1. The monoisotopic (exact) mass is 493 g/mol. The first-order valence-corrected chi connectivity index (χ1v) is 12.0. The van der Waals surface area contributed by atoms with Crippen molar-refractivity contribution in [1.29, 1.82) is 0 Å². The fourth-order valence-electron chi connectivity index (χ4n) is 5.57. The first-order chi connectivity index (χ1) is 16.3. The van der Waals surface area contributed by atoms with Crippen LogP contribution in [-0.4, -0.2) is 23.7 Å². The minimum atomic E-state index is -1.06. The Kier molecular flexibility index (Phi) is 5.83. The van der Waals surface area contributed by atoms with E-state index in [2.05, 4.69) is 29.6 Å². The molecule has 0 saturated heterocycles. The summed E-state index contributed by atoms with van der Waals surface area (Å²) in [6.45, 7) is 0. The van der Waals surface area contributed by atoms with E-state index in [1.165, 1.54) is 11.1 Å². The molecule has 2 aliphatic carbocycles. The molecule has 6 heteroatoms. The number of carbonyl (C=O) groups is 1. The topological polar surface area (TPSA) is 58.6 Å². The van der Waals surface area contributed by atoms with E-state index in [1.807, 2.05) is 30.3 Å². The van der Waals surface area contributed by atoms with Gasteiger partial charge in [0.25, 0.3) is 0 Å². The van der Waals surface area contributed by atoms with Gasteiger partial charge in [0.05, 0.1) is 7.11 Å². The molecule has 0 aliphatic heterocycles. The van der Waals surface area contributed by atoms with Gasteiger partial charge in [-0.1, -0.05) is 53.5 Å². The van der Waals surface area contributed by atoms with Gasteiger partial charge in [-0.3, -0.25) is 0 Å². The number of carboxylic acid groups (broad SMARTS) is 1. The Labute approximate surface area is 209 Å². The van der Waals surface area contributed by atoms with Crippen LogP contribution in [0.5, 0.6) is 5.75 Å². The molecule has 0 aromatic heterocycles. The molecule has 0 heterocycles. The van der Waals surface area contributed by atoms with Crippen molar-refractivity contribution in [3.63, 3.8) is 0 Å². The summed E-state index contributed by atoms with van der Waals surface area (Å²) in [5, 5.41) is 14.8. The van der Waals surface area contributed by atoms with Crippen molar-refractivity contribution in [2.45, 2.75) is 36.6 Å². The molecule has 4 nitrogen and oxygen atoms in total. The summed E-state index contributed by atoms with van der Waals surface area (Å²) in [6.07, 6.45) is 4.53. The summed E-state index contributed by atoms with van der Waals surface area (Å²) in [7, 11) is 1.63. The lowest BCUT2D eigenvalue weighted by atomic mass is 9.61. The molecule has 1 spiro atoms. The molecule has 0 amide bonds. The van der Waals surface area contributed by atoms with Crippen LogP contribution < -0.4 is 10.1 Å². The summed E-state index contributed by atoms with van der Waals surface area (Å²) < 4.78 is 5.48. The molecule has 3 aromatic carbocycles. The highest BCUT2D eigenvalue weighted by atomic mass is 35.5. The molecule has 0 atom stereocenters. The second-order valence-electron chi connectivity index (χ2n) is 9.13. The van der Waals surface area contributed by atoms with E-state index in [9.17, 15) is 9.90 Å². The van der Waals surface area contributed by atoms with Gasteiger partial charge < -0.3 is 15.2 Å². The Bertz CT molecular complexity index is 1290. The predicted molar refractivity (Wildman–Crippen MR) is 138 cm³/mol. The Morgan fingerprint density at radius 1 is 0.941 bits per heavy atom. The maximum atomic E-state index is 12.6. The van der Waals surface area contributed by atoms with E-state index in [1.54, 1.807) is 25.3 Å². The van der Waals surface area contributed by atoms with Crippen LogP contribution >= 0.6 is 23.2 Å². The standard InChI is InChI=1S/C28H25Cl2NO3/c1-34-23-14-19(13-21(30)17-23)25-15-18-5-2-3-8-24(18)27(25)9-11-28(12-10-27,26(32)33)31-22-7-4-6-20(29)16-22/h2-8,13-17,31H,9-12H2,1H3,(H,32,33). The van der Waals surface area contributed by atoms with Crippen molar-refractivity contribution < 1.29 is 14.6 Å². The lowest BCUT2D eigenvalue weighted by Gasteiger charge is -2.45. The summed E-state index contributed by atoms with van der Waals surface area (Å²) in [4.78, 5) is 12.6. The van der Waals surface area contributed by atoms with Gasteiger partial charge >= 0.3 is 5.97 Å². The second-order valence-corrected chi connectivity index (χ2v) is 10.0. The minimum absolute atomic E-state index is 0.290. The highest BCUT2D eigenvalue weighted by molar-refractivity contribution is 6.31. The molecule has 3 aromatic rings. The van der Waals surface area contributed by atoms with E-state index in [4.69, 9.17) is 27.9 Å². The number of ether oxygens (including phenoxy) is 1. The summed E-state index contributed by atoms with van der Waals surface area (Å²) >= 11 is 12.6. The van der Waals surface area contributed by atoms with Crippen molar-refractivity contribution in [1.82, 2.24) is 0 Å². The SMILES string of the molecule is COc1cc(Cl)cc(C2=Cc3ccccc3C23CCC(Nc2cccc(Cl)c2)(C(=O)O)CC3)c1. The number of aliphatic carboxylic acids is 1. The van der Waals surface area contributed by atoms with Crippen molar-refractivity contribution in [2.24, 2.45) is 0 Å². The number of nitrogens with one attached hydrogen (secondary N) is 1. The van der Waals surface area contributed by atoms with E-state index < -0.39 is 11.5 Å². The number of hydrogen-bond donors (Lipinski definition) is 2. The van der Waals surface area contributed by atoms with Crippen molar-refractivity contribution >= 4 is 46.5 Å². The molecule has 174 valence electrons. The zero-order valence-corrected chi connectivity index (χ0v) is 20.3. The Morgan fingerprint density at radius 3 is 2.41 bits per heavy atom. The molecule has 34 heavy (non-hydrogen) atoms. The third-order valence-corrected chi connectivity index (χ3v) is 7.74. The molecule has 2 aliphatic rings. The number of anilines is 1. The van der Waals surface area contributed by atoms with Crippen LogP contribution in [0.15, 0.2) is 66.7 Å². The van der Waals surface area contributed by atoms with E-state index in [-0.39, 0.29) is 5.41 Å². The lowest BCUT2D eigenvalue weighted by molar-refractivity contribution is -0.143. The first-order valence-electron chi connectivity index (χ1n) is 11.3. The lowest BCUT2D eigenvalue weighted by Crippen LogP contribution is -2.52. The van der Waals surface area contributed by atoms with Gasteiger partial charge in [-0.25, -0.2) is 4.79 Å². The van der Waals surface area contributed by atoms with E-state index in [0.29, 0.717) is 47.2 Å². The zero-order chi connectivity index (χ0) is 23.9. The van der Waals surface area contributed by atoms with Gasteiger partial charge in [-0.15, -0.1) is 0 Å². The Morgan fingerprint density at radius 2 is 1.71 bits per heavy atom. The van der Waals surface area contributed by atoms with Crippen LogP contribution in [0, 0.1) is 0 Å². The highest BCUT2D eigenvalue weighted by Crippen LogP contribution is 2.57. The normalized spacial score (nSPS) is 23.3. The number of fused-ring (bicyclic) bond motifs is 2. The fraction of sp³-hybridized carbons (Fsp3) is 0.250. The molecule has 5 rings (SSSR count). The smallest absolute Gasteiger partial charge is 0.329 e. The predicted octanol–water partition coefficient (Wildman–Crippen LogP) is 7.30. The third kappa shape index (κ3) is 3.85.